The molecule has 0 bridgehead atoms. The smallest absolute Gasteiger partial charge is 0.324 e. The highest BCUT2D eigenvalue weighted by Gasteiger charge is 2.34. The van der Waals surface area contributed by atoms with Crippen molar-refractivity contribution in [3.05, 3.63) is 45.3 Å². The second-order valence-corrected chi connectivity index (χ2v) is 8.40. The van der Waals surface area contributed by atoms with E-state index in [1.165, 1.54) is 11.3 Å². The Hall–Kier alpha value is -1.40. The first-order valence-electron chi connectivity index (χ1n) is 8.53. The number of likely N-dealkylation sites (N-methyl/N-ethyl adjacent to an activating group) is 1. The van der Waals surface area contributed by atoms with Crippen molar-refractivity contribution in [2.45, 2.75) is 13.0 Å². The Morgan fingerprint density at radius 1 is 1.29 bits per heavy atom. The quantitative estimate of drug-likeness (QED) is 0.310. The molecule has 0 fully saturated rings. The zero-order valence-electron chi connectivity index (χ0n) is 15.3. The third kappa shape index (κ3) is 5.15. The summed E-state index contributed by atoms with van der Waals surface area (Å²) in [6, 6.07) is 6.28. The van der Waals surface area contributed by atoms with Gasteiger partial charge in [-0.15, -0.1) is 11.3 Å². The van der Waals surface area contributed by atoms with Gasteiger partial charge in [-0.3, -0.25) is 10.1 Å². The molecule has 28 heavy (non-hydrogen) atoms. The van der Waals surface area contributed by atoms with Gasteiger partial charge < -0.3 is 44.6 Å². The van der Waals surface area contributed by atoms with Crippen LogP contribution in [-0.4, -0.2) is 48.3 Å². The number of hydrogen-bond acceptors (Lipinski definition) is 4. The number of aliphatic hydroxyl groups excluding tert-OH is 1. The van der Waals surface area contributed by atoms with Crippen LogP contribution in [0.15, 0.2) is 24.3 Å². The average Bonchev–Trinajstić information content (AvgIpc) is 2.93. The van der Waals surface area contributed by atoms with Crippen molar-refractivity contribution in [3.63, 3.8) is 0 Å². The Kier molecular flexibility index (Phi) is 7.68. The van der Waals surface area contributed by atoms with E-state index in [9.17, 15) is 14.7 Å². The zero-order valence-corrected chi connectivity index (χ0v) is 19.0. The van der Waals surface area contributed by atoms with Crippen molar-refractivity contribution in [1.82, 2.24) is 0 Å². The van der Waals surface area contributed by atoms with Gasteiger partial charge in [0.15, 0.2) is 0 Å². The number of quaternary nitrogens is 1. The SMILES string of the molecule is C[N+]1(CCO)CCc2c(sc(NC(=O)Nc3ccc(Cl)cc3)c2C(N)=O)C1.[I-]. The van der Waals surface area contributed by atoms with E-state index in [-0.39, 0.29) is 30.6 Å². The molecule has 3 rings (SSSR count). The first-order valence-corrected chi connectivity index (χ1v) is 9.73. The molecule has 0 aliphatic carbocycles. The number of amides is 3. The van der Waals surface area contributed by atoms with E-state index >= 15 is 0 Å². The normalized spacial score (nSPS) is 18.0. The molecule has 152 valence electrons. The lowest BCUT2D eigenvalue weighted by Gasteiger charge is -2.37. The van der Waals surface area contributed by atoms with Crippen molar-refractivity contribution < 1.29 is 43.2 Å². The van der Waals surface area contributed by atoms with Gasteiger partial charge in [0.2, 0.25) is 0 Å². The highest BCUT2D eigenvalue weighted by molar-refractivity contribution is 7.17. The predicted octanol–water partition coefficient (Wildman–Crippen LogP) is -0.357. The fraction of sp³-hybridized carbons (Fsp3) is 0.333. The molecule has 1 atom stereocenters. The van der Waals surface area contributed by atoms with E-state index in [0.29, 0.717) is 45.3 Å². The van der Waals surface area contributed by atoms with Crippen LogP contribution in [-0.2, 0) is 13.0 Å². The molecule has 1 aromatic carbocycles. The highest BCUT2D eigenvalue weighted by Crippen LogP contribution is 2.38. The summed E-state index contributed by atoms with van der Waals surface area (Å²) in [5, 5.41) is 15.8. The van der Waals surface area contributed by atoms with Crippen LogP contribution in [0.5, 0.6) is 0 Å². The summed E-state index contributed by atoms with van der Waals surface area (Å²) in [6.07, 6.45) is 0.682. The van der Waals surface area contributed by atoms with Gasteiger partial charge in [-0.2, -0.15) is 0 Å². The van der Waals surface area contributed by atoms with Crippen LogP contribution in [0.25, 0.3) is 0 Å². The lowest BCUT2D eigenvalue weighted by molar-refractivity contribution is -0.924. The molecule has 0 spiro atoms. The molecule has 5 N–H and O–H groups in total. The summed E-state index contributed by atoms with van der Waals surface area (Å²) in [4.78, 5) is 25.4. The van der Waals surface area contributed by atoms with Crippen LogP contribution < -0.4 is 40.3 Å². The molecule has 0 saturated carbocycles. The number of nitrogens with two attached hydrogens (primary N) is 1. The van der Waals surface area contributed by atoms with E-state index in [4.69, 9.17) is 17.3 Å². The molecule has 0 saturated heterocycles. The molecule has 0 radical (unpaired) electrons. The van der Waals surface area contributed by atoms with Crippen molar-refractivity contribution >= 4 is 45.6 Å². The minimum absolute atomic E-state index is 0. The minimum Gasteiger partial charge on any atom is -1.00 e. The number of nitrogens with one attached hydrogen (secondary N) is 2. The number of thiophene rings is 1. The Morgan fingerprint density at radius 2 is 1.96 bits per heavy atom. The van der Waals surface area contributed by atoms with Crippen LogP contribution in [0, 0.1) is 0 Å². The molecule has 1 unspecified atom stereocenters. The largest absolute Gasteiger partial charge is 1.00 e. The Bertz CT molecular complexity index is 874. The fourth-order valence-electron chi connectivity index (χ4n) is 3.29. The topological polar surface area (TPSA) is 104 Å². The van der Waals surface area contributed by atoms with E-state index in [2.05, 4.69) is 17.7 Å². The maximum Gasteiger partial charge on any atom is 0.324 e. The molecule has 1 aliphatic heterocycles. The van der Waals surface area contributed by atoms with Crippen molar-refractivity contribution in [3.8, 4) is 0 Å². The number of benzene rings is 1. The maximum absolute atomic E-state index is 12.3. The molecule has 1 aliphatic rings. The van der Waals surface area contributed by atoms with Gasteiger partial charge >= 0.3 is 6.03 Å². The van der Waals surface area contributed by atoms with Crippen LogP contribution in [0.4, 0.5) is 15.5 Å². The monoisotopic (exact) mass is 536 g/mol. The molecular weight excluding hydrogens is 515 g/mol. The van der Waals surface area contributed by atoms with E-state index in [1.54, 1.807) is 24.3 Å². The lowest BCUT2D eigenvalue weighted by Crippen LogP contribution is -3.00. The first-order chi connectivity index (χ1) is 12.8. The molecule has 10 heteroatoms. The van der Waals surface area contributed by atoms with Gasteiger partial charge in [-0.25, -0.2) is 4.79 Å². The fourth-order valence-corrected chi connectivity index (χ4v) is 4.84. The van der Waals surface area contributed by atoms with Crippen LogP contribution in [0.3, 0.4) is 0 Å². The van der Waals surface area contributed by atoms with E-state index in [0.717, 1.165) is 17.0 Å². The number of carbonyl (C=O) groups is 2. The number of primary amides is 1. The highest BCUT2D eigenvalue weighted by atomic mass is 127. The molecule has 7 nitrogen and oxygen atoms in total. The summed E-state index contributed by atoms with van der Waals surface area (Å²) in [5.41, 5.74) is 7.47. The number of hydrogen-bond donors (Lipinski definition) is 4. The zero-order chi connectivity index (χ0) is 19.6. The summed E-state index contributed by atoms with van der Waals surface area (Å²) in [7, 11) is 2.07. The lowest BCUT2D eigenvalue weighted by atomic mass is 10.0. The minimum atomic E-state index is -0.549. The summed E-state index contributed by atoms with van der Waals surface area (Å²) < 4.78 is 0.693. The van der Waals surface area contributed by atoms with Gasteiger partial charge in [0, 0.05) is 17.1 Å². The van der Waals surface area contributed by atoms with Crippen LogP contribution >= 0.6 is 22.9 Å². The Morgan fingerprint density at radius 3 is 2.57 bits per heavy atom. The first kappa shape index (κ1) is 22.9. The molecular formula is C18H22ClIN4O3S. The number of anilines is 2. The van der Waals surface area contributed by atoms with Crippen LogP contribution in [0.2, 0.25) is 5.02 Å². The van der Waals surface area contributed by atoms with Gasteiger partial charge in [-0.1, -0.05) is 11.6 Å². The third-order valence-electron chi connectivity index (χ3n) is 4.73. The number of halogens is 2. The van der Waals surface area contributed by atoms with Gasteiger partial charge in [0.25, 0.3) is 5.91 Å². The van der Waals surface area contributed by atoms with Crippen molar-refractivity contribution in [1.29, 1.82) is 0 Å². The second kappa shape index (κ2) is 9.40. The average molecular weight is 537 g/mol. The molecule has 3 amide bonds. The number of aliphatic hydroxyl groups is 1. The third-order valence-corrected chi connectivity index (χ3v) is 6.12. The van der Waals surface area contributed by atoms with E-state index in [1.807, 2.05) is 0 Å². The molecule has 2 aromatic rings. The number of fused-ring (bicyclic) bond motifs is 1. The summed E-state index contributed by atoms with van der Waals surface area (Å²) in [5.74, 6) is -0.549. The standard InChI is InChI=1S/C18H21ClN4O3S.HI/c1-23(8-9-24)7-6-13-14(10-23)27-17(15(13)16(20)25)22-18(26)21-12-4-2-11(19)3-5-12;/h2-5,24H,6-10H2,1H3,(H3-,20,21,22,25,26);1H. The number of nitrogens with zero attached hydrogens (tertiary/aromatic N) is 1. The number of rotatable bonds is 5. The van der Waals surface area contributed by atoms with Crippen LogP contribution in [0.1, 0.15) is 20.8 Å². The summed E-state index contributed by atoms with van der Waals surface area (Å²) >= 11 is 7.21. The molecule has 1 aromatic heterocycles. The second-order valence-electron chi connectivity index (χ2n) is 6.86. The number of carbonyl (C=O) groups excluding carboxylic acids is 2. The van der Waals surface area contributed by atoms with Gasteiger partial charge in [0.05, 0.1) is 30.6 Å². The Balaban J connectivity index is 0.00000280. The van der Waals surface area contributed by atoms with Crippen molar-refractivity contribution in [2.75, 3.05) is 37.4 Å². The van der Waals surface area contributed by atoms with Gasteiger partial charge in [-0.05, 0) is 29.8 Å². The predicted molar refractivity (Wildman–Crippen MR) is 107 cm³/mol. The summed E-state index contributed by atoms with van der Waals surface area (Å²) in [6.45, 7) is 2.25. The van der Waals surface area contributed by atoms with Gasteiger partial charge in [0.1, 0.15) is 18.1 Å². The van der Waals surface area contributed by atoms with Crippen molar-refractivity contribution in [2.24, 2.45) is 5.73 Å². The molecule has 2 heterocycles. The number of urea groups is 1. The maximum atomic E-state index is 12.3. The Labute approximate surface area is 189 Å². The van der Waals surface area contributed by atoms with E-state index < -0.39 is 11.9 Å².